The van der Waals surface area contributed by atoms with Crippen LogP contribution in [0.3, 0.4) is 0 Å². The topological polar surface area (TPSA) is 37.8 Å². The fourth-order valence-corrected chi connectivity index (χ4v) is 0.967. The van der Waals surface area contributed by atoms with Crippen LogP contribution in [0.5, 0.6) is 0 Å². The highest BCUT2D eigenvalue weighted by Crippen LogP contribution is 2.15. The van der Waals surface area contributed by atoms with Crippen LogP contribution in [0.25, 0.3) is 0 Å². The first-order valence-corrected chi connectivity index (χ1v) is 4.40. The monoisotopic (exact) mass is 197 g/mol. The van der Waals surface area contributed by atoms with E-state index < -0.39 is 0 Å². The van der Waals surface area contributed by atoms with Crippen molar-refractivity contribution >= 4 is 17.4 Å². The molecule has 0 atom stereocenters. The molecule has 0 saturated heterocycles. The van der Waals surface area contributed by atoms with Gasteiger partial charge in [-0.15, -0.1) is 0 Å². The third-order valence-corrected chi connectivity index (χ3v) is 1.72. The highest BCUT2D eigenvalue weighted by molar-refractivity contribution is 6.32. The molecular weight excluding hydrogens is 186 g/mol. The predicted molar refractivity (Wildman–Crippen MR) is 55.0 cm³/mol. The third-order valence-electron chi connectivity index (χ3n) is 1.45. The number of nitrogens with zero attached hydrogens (tertiary/aromatic N) is 2. The Kier molecular flexibility index (Phi) is 3.71. The summed E-state index contributed by atoms with van der Waals surface area (Å²) in [6.45, 7) is 4.82. The van der Waals surface area contributed by atoms with Gasteiger partial charge in [0.15, 0.2) is 0 Å². The second kappa shape index (κ2) is 4.82. The Morgan fingerprint density at radius 2 is 2.38 bits per heavy atom. The van der Waals surface area contributed by atoms with E-state index in [0.29, 0.717) is 10.8 Å². The summed E-state index contributed by atoms with van der Waals surface area (Å²) in [4.78, 5) is 7.78. The molecular formula is C9H12ClN3. The molecule has 1 rings (SSSR count). The molecule has 1 N–H and O–H groups in total. The zero-order valence-corrected chi connectivity index (χ0v) is 8.47. The number of anilines is 1. The summed E-state index contributed by atoms with van der Waals surface area (Å²) in [6.07, 6.45) is 5.11. The van der Waals surface area contributed by atoms with E-state index in [0.717, 1.165) is 6.54 Å². The average molecular weight is 198 g/mol. The molecule has 0 fully saturated rings. The van der Waals surface area contributed by atoms with Gasteiger partial charge in [0, 0.05) is 6.54 Å². The van der Waals surface area contributed by atoms with Crippen molar-refractivity contribution in [2.24, 2.45) is 0 Å². The molecule has 0 aliphatic heterocycles. The number of aromatic nitrogens is 2. The SMILES string of the molecule is CC(C)=CCNc1ncncc1Cl. The normalized spacial score (nSPS) is 9.46. The van der Waals surface area contributed by atoms with Crippen LogP contribution >= 0.6 is 11.6 Å². The first-order valence-electron chi connectivity index (χ1n) is 4.03. The molecule has 0 aliphatic carbocycles. The van der Waals surface area contributed by atoms with E-state index in [4.69, 9.17) is 11.6 Å². The van der Waals surface area contributed by atoms with Gasteiger partial charge in [-0.2, -0.15) is 0 Å². The summed E-state index contributed by atoms with van der Waals surface area (Å²) in [5, 5.41) is 3.63. The van der Waals surface area contributed by atoms with E-state index in [2.05, 4.69) is 21.4 Å². The molecule has 0 aromatic carbocycles. The van der Waals surface area contributed by atoms with E-state index in [-0.39, 0.29) is 0 Å². The van der Waals surface area contributed by atoms with Crippen molar-refractivity contribution in [1.29, 1.82) is 0 Å². The minimum Gasteiger partial charge on any atom is -0.365 e. The zero-order valence-electron chi connectivity index (χ0n) is 7.71. The highest BCUT2D eigenvalue weighted by Gasteiger charge is 1.97. The molecule has 0 radical (unpaired) electrons. The van der Waals surface area contributed by atoms with Crippen LogP contribution in [0, 0.1) is 0 Å². The lowest BCUT2D eigenvalue weighted by molar-refractivity contribution is 1.13. The van der Waals surface area contributed by atoms with Crippen LogP contribution < -0.4 is 5.32 Å². The van der Waals surface area contributed by atoms with Crippen molar-refractivity contribution in [1.82, 2.24) is 9.97 Å². The molecule has 0 spiro atoms. The molecule has 1 aromatic rings. The second-order valence-electron chi connectivity index (χ2n) is 2.88. The number of rotatable bonds is 3. The Balaban J connectivity index is 2.55. The van der Waals surface area contributed by atoms with Crippen LogP contribution in [0.15, 0.2) is 24.2 Å². The Labute approximate surface area is 82.9 Å². The van der Waals surface area contributed by atoms with E-state index in [1.165, 1.54) is 11.9 Å². The molecule has 3 nitrogen and oxygen atoms in total. The largest absolute Gasteiger partial charge is 0.365 e. The van der Waals surface area contributed by atoms with Gasteiger partial charge in [-0.25, -0.2) is 9.97 Å². The predicted octanol–water partition coefficient (Wildman–Crippen LogP) is 2.51. The summed E-state index contributed by atoms with van der Waals surface area (Å²) in [5.41, 5.74) is 1.26. The Morgan fingerprint density at radius 1 is 1.62 bits per heavy atom. The molecule has 70 valence electrons. The summed E-state index contributed by atoms with van der Waals surface area (Å²) < 4.78 is 0. The van der Waals surface area contributed by atoms with Gasteiger partial charge in [0.25, 0.3) is 0 Å². The van der Waals surface area contributed by atoms with Crippen molar-refractivity contribution in [3.05, 3.63) is 29.2 Å². The third kappa shape index (κ3) is 3.42. The van der Waals surface area contributed by atoms with Gasteiger partial charge in [-0.05, 0) is 13.8 Å². The van der Waals surface area contributed by atoms with Crippen molar-refractivity contribution in [2.45, 2.75) is 13.8 Å². The van der Waals surface area contributed by atoms with Gasteiger partial charge < -0.3 is 5.32 Å². The number of allylic oxidation sites excluding steroid dienone is 1. The van der Waals surface area contributed by atoms with Crippen molar-refractivity contribution < 1.29 is 0 Å². The molecule has 0 unspecified atom stereocenters. The molecule has 0 saturated carbocycles. The summed E-state index contributed by atoms with van der Waals surface area (Å²) in [6, 6.07) is 0. The molecule has 0 aliphatic rings. The molecule has 4 heteroatoms. The number of nitrogens with one attached hydrogen (secondary N) is 1. The Bertz CT molecular complexity index is 305. The second-order valence-corrected chi connectivity index (χ2v) is 3.29. The lowest BCUT2D eigenvalue weighted by Gasteiger charge is -2.03. The van der Waals surface area contributed by atoms with Gasteiger partial charge in [-0.1, -0.05) is 23.3 Å². The molecule has 0 bridgehead atoms. The fraction of sp³-hybridized carbons (Fsp3) is 0.333. The van der Waals surface area contributed by atoms with E-state index in [1.807, 2.05) is 13.8 Å². The van der Waals surface area contributed by atoms with Crippen LogP contribution in [-0.2, 0) is 0 Å². The van der Waals surface area contributed by atoms with Crippen molar-refractivity contribution in [3.8, 4) is 0 Å². The van der Waals surface area contributed by atoms with Gasteiger partial charge >= 0.3 is 0 Å². The lowest BCUT2D eigenvalue weighted by Crippen LogP contribution is -2.01. The summed E-state index contributed by atoms with van der Waals surface area (Å²) in [7, 11) is 0. The smallest absolute Gasteiger partial charge is 0.148 e. The maximum Gasteiger partial charge on any atom is 0.148 e. The molecule has 0 amide bonds. The lowest BCUT2D eigenvalue weighted by atomic mass is 10.3. The van der Waals surface area contributed by atoms with Crippen molar-refractivity contribution in [3.63, 3.8) is 0 Å². The van der Waals surface area contributed by atoms with E-state index in [9.17, 15) is 0 Å². The Morgan fingerprint density at radius 3 is 3.00 bits per heavy atom. The number of hydrogen-bond acceptors (Lipinski definition) is 3. The van der Waals surface area contributed by atoms with Crippen LogP contribution in [-0.4, -0.2) is 16.5 Å². The highest BCUT2D eigenvalue weighted by atomic mass is 35.5. The zero-order chi connectivity index (χ0) is 9.68. The Hall–Kier alpha value is -1.09. The van der Waals surface area contributed by atoms with Gasteiger partial charge in [0.1, 0.15) is 17.2 Å². The maximum absolute atomic E-state index is 5.83. The molecule has 1 aromatic heterocycles. The minimum atomic E-state index is 0.546. The first-order chi connectivity index (χ1) is 6.20. The molecule has 13 heavy (non-hydrogen) atoms. The van der Waals surface area contributed by atoms with Gasteiger partial charge in [0.05, 0.1) is 6.20 Å². The minimum absolute atomic E-state index is 0.546. The van der Waals surface area contributed by atoms with E-state index in [1.54, 1.807) is 6.20 Å². The van der Waals surface area contributed by atoms with Crippen LogP contribution in [0.2, 0.25) is 5.02 Å². The van der Waals surface area contributed by atoms with Crippen molar-refractivity contribution in [2.75, 3.05) is 11.9 Å². The summed E-state index contributed by atoms with van der Waals surface area (Å²) in [5.74, 6) is 0.675. The number of halogens is 1. The van der Waals surface area contributed by atoms with Gasteiger partial charge in [-0.3, -0.25) is 0 Å². The first kappa shape index (κ1) is 9.99. The molecule has 1 heterocycles. The summed E-state index contributed by atoms with van der Waals surface area (Å²) >= 11 is 5.83. The standard InChI is InChI=1S/C9H12ClN3/c1-7(2)3-4-12-9-8(10)5-11-6-13-9/h3,5-6H,4H2,1-2H3,(H,11,12,13). The average Bonchev–Trinajstić information content (AvgIpc) is 2.08. The maximum atomic E-state index is 5.83. The fourth-order valence-electron chi connectivity index (χ4n) is 0.795. The quantitative estimate of drug-likeness (QED) is 0.757. The van der Waals surface area contributed by atoms with Crippen LogP contribution in [0.4, 0.5) is 5.82 Å². The van der Waals surface area contributed by atoms with Crippen LogP contribution in [0.1, 0.15) is 13.8 Å². The van der Waals surface area contributed by atoms with E-state index >= 15 is 0 Å². The van der Waals surface area contributed by atoms with Gasteiger partial charge in [0.2, 0.25) is 0 Å². The number of hydrogen-bond donors (Lipinski definition) is 1.